The van der Waals surface area contributed by atoms with Crippen molar-refractivity contribution >= 4 is 16.3 Å². The average Bonchev–Trinajstić information content (AvgIpc) is 3.27. The third-order valence-corrected chi connectivity index (χ3v) is 6.85. The molecule has 1 aliphatic rings. The first kappa shape index (κ1) is 18.4. The highest BCUT2D eigenvalue weighted by molar-refractivity contribution is 7.17. The molecule has 0 bridgehead atoms. The zero-order valence-corrected chi connectivity index (χ0v) is 17.0. The molecule has 6 nitrogen and oxygen atoms in total. The van der Waals surface area contributed by atoms with Gasteiger partial charge in [-0.25, -0.2) is 4.98 Å². The van der Waals surface area contributed by atoms with Crippen LogP contribution in [0.1, 0.15) is 41.8 Å². The molecule has 0 saturated carbocycles. The topological polar surface area (TPSA) is 56.9 Å². The van der Waals surface area contributed by atoms with E-state index in [1.165, 1.54) is 33.3 Å². The average molecular weight is 386 g/mol. The molecule has 2 aromatic heterocycles. The second kappa shape index (κ2) is 7.58. The van der Waals surface area contributed by atoms with Crippen molar-refractivity contribution in [1.82, 2.24) is 24.4 Å². The summed E-state index contributed by atoms with van der Waals surface area (Å²) in [4.78, 5) is 10.7. The highest BCUT2D eigenvalue weighted by Crippen LogP contribution is 2.40. The Morgan fingerprint density at radius 2 is 1.96 bits per heavy atom. The number of rotatable bonds is 5. The smallest absolute Gasteiger partial charge is 0.230 e. The highest BCUT2D eigenvalue weighted by atomic mass is 32.1. The van der Waals surface area contributed by atoms with Gasteiger partial charge < -0.3 is 10.0 Å². The highest BCUT2D eigenvalue weighted by Gasteiger charge is 2.32. The van der Waals surface area contributed by atoms with Gasteiger partial charge in [0.25, 0.3) is 0 Å². The van der Waals surface area contributed by atoms with Crippen LogP contribution >= 0.6 is 11.3 Å². The molecule has 3 heterocycles. The van der Waals surface area contributed by atoms with E-state index in [1.807, 2.05) is 0 Å². The Labute approximate surface area is 164 Å². The van der Waals surface area contributed by atoms with Crippen LogP contribution in [0.3, 0.4) is 0 Å². The molecule has 1 atom stereocenters. The number of hydrogen-bond acceptors (Lipinski definition) is 6. The largest absolute Gasteiger partial charge is 0.492 e. The minimum absolute atomic E-state index is 0.00203. The van der Waals surface area contributed by atoms with E-state index in [4.69, 9.17) is 0 Å². The molecule has 0 spiro atoms. The Morgan fingerprint density at radius 1 is 1.26 bits per heavy atom. The molecule has 27 heavy (non-hydrogen) atoms. The molecule has 0 amide bonds. The standard InChI is InChI=1S/C20H27N5OS/c1-4-14-5-7-15(8-6-14)17(24(3)16-9-11-23(2)12-10-16)18-19(26)25-20(27-18)21-13-22-25/h5-8,13,16-17,26H,4,9-12H2,1-3H3. The molecule has 3 aromatic rings. The SMILES string of the molecule is CCc1ccc(C(c2sc3ncnn3c2O)N(C)C2CCN(C)CC2)cc1. The van der Waals surface area contributed by atoms with Gasteiger partial charge in [0.2, 0.25) is 10.8 Å². The molecule has 0 radical (unpaired) electrons. The summed E-state index contributed by atoms with van der Waals surface area (Å²) in [6, 6.07) is 9.27. The van der Waals surface area contributed by atoms with Gasteiger partial charge in [0.05, 0.1) is 10.9 Å². The van der Waals surface area contributed by atoms with Crippen LogP contribution in [0.5, 0.6) is 5.88 Å². The molecular weight excluding hydrogens is 358 g/mol. The number of piperidine rings is 1. The van der Waals surface area contributed by atoms with Crippen molar-refractivity contribution in [1.29, 1.82) is 0 Å². The summed E-state index contributed by atoms with van der Waals surface area (Å²) >= 11 is 1.52. The zero-order valence-electron chi connectivity index (χ0n) is 16.2. The molecule has 1 aromatic carbocycles. The van der Waals surface area contributed by atoms with Crippen LogP contribution in [0, 0.1) is 0 Å². The maximum Gasteiger partial charge on any atom is 0.230 e. The second-order valence-electron chi connectivity index (χ2n) is 7.44. The fourth-order valence-electron chi connectivity index (χ4n) is 3.99. The molecule has 1 N–H and O–H groups in total. The van der Waals surface area contributed by atoms with E-state index in [9.17, 15) is 5.11 Å². The van der Waals surface area contributed by atoms with Crippen LogP contribution in [0.2, 0.25) is 0 Å². The van der Waals surface area contributed by atoms with Crippen LogP contribution in [0.4, 0.5) is 0 Å². The Morgan fingerprint density at radius 3 is 2.59 bits per heavy atom. The first-order valence-corrected chi connectivity index (χ1v) is 10.4. The number of benzene rings is 1. The first-order chi connectivity index (χ1) is 13.1. The Hall–Kier alpha value is -1.96. The normalized spacial score (nSPS) is 17.8. The third kappa shape index (κ3) is 3.47. The molecule has 1 saturated heterocycles. The van der Waals surface area contributed by atoms with Crippen molar-refractivity contribution < 1.29 is 5.11 Å². The van der Waals surface area contributed by atoms with Crippen molar-refractivity contribution in [2.24, 2.45) is 0 Å². The lowest BCUT2D eigenvalue weighted by molar-refractivity contribution is 0.121. The number of hydrogen-bond donors (Lipinski definition) is 1. The van der Waals surface area contributed by atoms with E-state index >= 15 is 0 Å². The number of nitrogens with zero attached hydrogens (tertiary/aromatic N) is 5. The van der Waals surface area contributed by atoms with E-state index in [1.54, 1.807) is 0 Å². The van der Waals surface area contributed by atoms with Crippen molar-refractivity contribution in [3.8, 4) is 5.88 Å². The van der Waals surface area contributed by atoms with E-state index in [-0.39, 0.29) is 11.9 Å². The Bertz CT molecular complexity index is 895. The minimum Gasteiger partial charge on any atom is -0.492 e. The van der Waals surface area contributed by atoms with Gasteiger partial charge in [0.1, 0.15) is 6.33 Å². The lowest BCUT2D eigenvalue weighted by Crippen LogP contribution is -2.43. The first-order valence-electron chi connectivity index (χ1n) is 9.59. The van der Waals surface area contributed by atoms with Gasteiger partial charge in [0, 0.05) is 6.04 Å². The lowest BCUT2D eigenvalue weighted by atomic mass is 9.97. The van der Waals surface area contributed by atoms with Crippen molar-refractivity contribution in [3.05, 3.63) is 46.6 Å². The molecule has 1 aliphatic heterocycles. The van der Waals surface area contributed by atoms with Crippen LogP contribution in [0.15, 0.2) is 30.6 Å². The summed E-state index contributed by atoms with van der Waals surface area (Å²) in [5.74, 6) is 0.205. The molecular formula is C20H27N5OS. The Balaban J connectivity index is 1.74. The van der Waals surface area contributed by atoms with Gasteiger partial charge in [-0.3, -0.25) is 4.90 Å². The fourth-order valence-corrected chi connectivity index (χ4v) is 5.10. The van der Waals surface area contributed by atoms with Crippen LogP contribution in [-0.4, -0.2) is 62.7 Å². The number of aromatic hydroxyl groups is 1. The second-order valence-corrected chi connectivity index (χ2v) is 8.45. The summed E-state index contributed by atoms with van der Waals surface area (Å²) in [5.41, 5.74) is 2.53. The fraction of sp³-hybridized carbons (Fsp3) is 0.500. The van der Waals surface area contributed by atoms with Gasteiger partial charge in [-0.05, 0) is 57.6 Å². The van der Waals surface area contributed by atoms with Crippen LogP contribution < -0.4 is 0 Å². The van der Waals surface area contributed by atoms with Gasteiger partial charge >= 0.3 is 0 Å². The molecule has 144 valence electrons. The summed E-state index contributed by atoms with van der Waals surface area (Å²) in [5, 5.41) is 15.0. The van der Waals surface area contributed by atoms with E-state index < -0.39 is 0 Å². The molecule has 1 fully saturated rings. The molecule has 1 unspecified atom stereocenters. The van der Waals surface area contributed by atoms with E-state index in [0.29, 0.717) is 6.04 Å². The van der Waals surface area contributed by atoms with Gasteiger partial charge in [-0.1, -0.05) is 42.5 Å². The summed E-state index contributed by atoms with van der Waals surface area (Å²) in [6.45, 7) is 4.39. The van der Waals surface area contributed by atoms with E-state index in [2.05, 4.69) is 65.2 Å². The Kier molecular flexibility index (Phi) is 5.16. The molecule has 0 aliphatic carbocycles. The van der Waals surface area contributed by atoms with Gasteiger partial charge in [-0.2, -0.15) is 9.61 Å². The third-order valence-electron chi connectivity index (χ3n) is 5.76. The summed E-state index contributed by atoms with van der Waals surface area (Å²) < 4.78 is 1.54. The van der Waals surface area contributed by atoms with Crippen molar-refractivity contribution in [2.75, 3.05) is 27.2 Å². The maximum absolute atomic E-state index is 10.8. The lowest BCUT2D eigenvalue weighted by Gasteiger charge is -2.39. The summed E-state index contributed by atoms with van der Waals surface area (Å²) in [6.07, 6.45) is 4.79. The quantitative estimate of drug-likeness (QED) is 0.731. The molecule has 4 rings (SSSR count). The monoisotopic (exact) mass is 385 g/mol. The predicted molar refractivity (Wildman–Crippen MR) is 108 cm³/mol. The van der Waals surface area contributed by atoms with Crippen molar-refractivity contribution in [3.63, 3.8) is 0 Å². The number of aryl methyl sites for hydroxylation is 1. The summed E-state index contributed by atoms with van der Waals surface area (Å²) in [7, 11) is 4.37. The number of thiazole rings is 1. The van der Waals surface area contributed by atoms with Crippen molar-refractivity contribution in [2.45, 2.75) is 38.3 Å². The number of fused-ring (bicyclic) bond motifs is 1. The predicted octanol–water partition coefficient (Wildman–Crippen LogP) is 3.17. The van der Waals surface area contributed by atoms with Gasteiger partial charge in [-0.15, -0.1) is 0 Å². The van der Waals surface area contributed by atoms with Gasteiger partial charge in [0.15, 0.2) is 0 Å². The van der Waals surface area contributed by atoms with Crippen LogP contribution in [0.25, 0.3) is 4.96 Å². The number of likely N-dealkylation sites (tertiary alicyclic amines) is 1. The van der Waals surface area contributed by atoms with Crippen LogP contribution in [-0.2, 0) is 6.42 Å². The zero-order chi connectivity index (χ0) is 19.0. The van der Waals surface area contributed by atoms with E-state index in [0.717, 1.165) is 42.2 Å². The maximum atomic E-state index is 10.8. The minimum atomic E-state index is -0.00203. The number of aromatic nitrogens is 3. The molecule has 7 heteroatoms.